The zero-order valence-corrected chi connectivity index (χ0v) is 18.0. The van der Waals surface area contributed by atoms with E-state index in [4.69, 9.17) is 10.8 Å². The first-order valence-electron chi connectivity index (χ1n) is 9.98. The predicted molar refractivity (Wildman–Crippen MR) is 119 cm³/mol. The van der Waals surface area contributed by atoms with E-state index in [1.165, 1.54) is 10.4 Å². The van der Waals surface area contributed by atoms with Crippen LogP contribution in [0.2, 0.25) is 5.04 Å². The maximum Gasteiger partial charge on any atom is 0.261 e. The number of hydrogen-bond acceptors (Lipinski definition) is 2. The van der Waals surface area contributed by atoms with Gasteiger partial charge in [-0.05, 0) is 34.2 Å². The summed E-state index contributed by atoms with van der Waals surface area (Å²) in [6, 6.07) is 21.3. The third kappa shape index (κ3) is 4.00. The lowest BCUT2D eigenvalue weighted by Crippen LogP contribution is -2.67. The van der Waals surface area contributed by atoms with Gasteiger partial charge in [0.1, 0.15) is 6.10 Å². The molecule has 2 nitrogen and oxygen atoms in total. The van der Waals surface area contributed by atoms with Crippen LogP contribution < -0.4 is 10.4 Å². The molecule has 1 N–H and O–H groups in total. The maximum atomic E-state index is 10.0. The Balaban J connectivity index is 2.09. The van der Waals surface area contributed by atoms with Crippen LogP contribution in [0.3, 0.4) is 0 Å². The van der Waals surface area contributed by atoms with E-state index < -0.39 is 14.4 Å². The molecule has 1 aliphatic carbocycles. The summed E-state index contributed by atoms with van der Waals surface area (Å²) in [6.07, 6.45) is 10.4. The van der Waals surface area contributed by atoms with Gasteiger partial charge < -0.3 is 9.53 Å². The highest BCUT2D eigenvalue weighted by molar-refractivity contribution is 6.99. The van der Waals surface area contributed by atoms with Gasteiger partial charge >= 0.3 is 0 Å². The molecular formula is C25H30O2Si. The lowest BCUT2D eigenvalue weighted by molar-refractivity contribution is 0.128. The quantitative estimate of drug-likeness (QED) is 0.461. The highest BCUT2D eigenvalue weighted by Crippen LogP contribution is 2.40. The first kappa shape index (κ1) is 20.6. The second-order valence-electron chi connectivity index (χ2n) is 8.59. The molecule has 0 bridgehead atoms. The fourth-order valence-corrected chi connectivity index (χ4v) is 8.99. The Bertz CT molecular complexity index is 791. The Morgan fingerprint density at radius 2 is 1.61 bits per heavy atom. The van der Waals surface area contributed by atoms with Crippen LogP contribution in [0.4, 0.5) is 0 Å². The molecule has 0 spiro atoms. The van der Waals surface area contributed by atoms with Gasteiger partial charge in [0.05, 0.1) is 6.10 Å². The Kier molecular flexibility index (Phi) is 6.25. The van der Waals surface area contributed by atoms with Crippen molar-refractivity contribution in [3.63, 3.8) is 0 Å². The standard InChI is InChI=1S/C25H30O2Si/c1-5-21(26)19-20-13-12-18-24(20)27-28(25(2,3)4,22-14-8-6-9-15-22)23-16-10-7-11-17-23/h1,6-12,14-18,20-21,24,26H,13,19H2,2-4H3/t20-,21+,24-/m1/s1. The monoisotopic (exact) mass is 390 g/mol. The number of rotatable bonds is 6. The van der Waals surface area contributed by atoms with Crippen LogP contribution in [-0.2, 0) is 4.43 Å². The molecule has 3 heteroatoms. The van der Waals surface area contributed by atoms with E-state index in [2.05, 4.69) is 99.5 Å². The van der Waals surface area contributed by atoms with Gasteiger partial charge in [-0.3, -0.25) is 0 Å². The summed E-state index contributed by atoms with van der Waals surface area (Å²) in [5, 5.41) is 12.5. The van der Waals surface area contributed by atoms with Crippen LogP contribution in [0.25, 0.3) is 0 Å². The first-order valence-corrected chi connectivity index (χ1v) is 11.9. The average Bonchev–Trinajstić information content (AvgIpc) is 3.12. The number of aliphatic hydroxyl groups excluding tert-OH is 1. The molecule has 146 valence electrons. The second-order valence-corrected chi connectivity index (χ2v) is 12.8. The Morgan fingerprint density at radius 1 is 1.07 bits per heavy atom. The third-order valence-electron chi connectivity index (χ3n) is 5.68. The smallest absolute Gasteiger partial charge is 0.261 e. The van der Waals surface area contributed by atoms with E-state index in [0.717, 1.165) is 6.42 Å². The number of aliphatic hydroxyl groups is 1. The fraction of sp³-hybridized carbons (Fsp3) is 0.360. The average molecular weight is 391 g/mol. The van der Waals surface area contributed by atoms with Crippen LogP contribution in [-0.4, -0.2) is 25.6 Å². The maximum absolute atomic E-state index is 10.0. The number of terminal acetylenes is 1. The van der Waals surface area contributed by atoms with E-state index in [-0.39, 0.29) is 17.1 Å². The number of allylic oxidation sites excluding steroid dienone is 1. The summed E-state index contributed by atoms with van der Waals surface area (Å²) in [7, 11) is -2.60. The normalized spacial score (nSPS) is 20.7. The first-order chi connectivity index (χ1) is 13.4. The minimum atomic E-state index is -2.60. The molecule has 0 fully saturated rings. The lowest BCUT2D eigenvalue weighted by Gasteiger charge is -2.45. The zero-order valence-electron chi connectivity index (χ0n) is 17.0. The highest BCUT2D eigenvalue weighted by Gasteiger charge is 2.52. The molecule has 0 aromatic heterocycles. The molecule has 28 heavy (non-hydrogen) atoms. The van der Waals surface area contributed by atoms with E-state index in [9.17, 15) is 5.11 Å². The fourth-order valence-electron chi connectivity index (χ4n) is 4.29. The van der Waals surface area contributed by atoms with Gasteiger partial charge in [0.2, 0.25) is 0 Å². The Labute approximate surface area is 170 Å². The Hall–Kier alpha value is -2.12. The predicted octanol–water partition coefficient (Wildman–Crippen LogP) is 3.89. The summed E-state index contributed by atoms with van der Waals surface area (Å²) < 4.78 is 7.17. The van der Waals surface area contributed by atoms with Gasteiger partial charge in [0, 0.05) is 0 Å². The number of hydrogen-bond donors (Lipinski definition) is 1. The van der Waals surface area contributed by atoms with Crippen LogP contribution in [0.1, 0.15) is 33.6 Å². The SMILES string of the molecule is C#C[C@H](O)C[C@H]1CC=C[C@H]1O[Si](c1ccccc1)(c1ccccc1)C(C)(C)C. The van der Waals surface area contributed by atoms with Crippen LogP contribution in [0, 0.1) is 18.3 Å². The van der Waals surface area contributed by atoms with Crippen LogP contribution >= 0.6 is 0 Å². The van der Waals surface area contributed by atoms with E-state index >= 15 is 0 Å². The van der Waals surface area contributed by atoms with Gasteiger partial charge in [-0.2, -0.15) is 0 Å². The van der Waals surface area contributed by atoms with Gasteiger partial charge in [-0.15, -0.1) is 6.42 Å². The van der Waals surface area contributed by atoms with Crippen LogP contribution in [0.15, 0.2) is 72.8 Å². The van der Waals surface area contributed by atoms with Crippen molar-refractivity contribution in [3.8, 4) is 12.3 Å². The molecule has 0 saturated heterocycles. The van der Waals surface area contributed by atoms with E-state index in [1.807, 2.05) is 0 Å². The van der Waals surface area contributed by atoms with Crippen molar-refractivity contribution in [2.45, 2.75) is 50.9 Å². The van der Waals surface area contributed by atoms with Crippen molar-refractivity contribution in [2.24, 2.45) is 5.92 Å². The summed E-state index contributed by atoms with van der Waals surface area (Å²) in [6.45, 7) is 6.84. The van der Waals surface area contributed by atoms with E-state index in [0.29, 0.717) is 6.42 Å². The molecule has 0 unspecified atom stereocenters. The van der Waals surface area contributed by atoms with Crippen molar-refractivity contribution in [1.29, 1.82) is 0 Å². The van der Waals surface area contributed by atoms with Gasteiger partial charge in [-0.25, -0.2) is 0 Å². The van der Waals surface area contributed by atoms with Crippen molar-refractivity contribution < 1.29 is 9.53 Å². The summed E-state index contributed by atoms with van der Waals surface area (Å²) in [5.41, 5.74) is 0. The summed E-state index contributed by atoms with van der Waals surface area (Å²) in [4.78, 5) is 0. The molecule has 0 heterocycles. The summed E-state index contributed by atoms with van der Waals surface area (Å²) >= 11 is 0. The molecule has 2 aromatic rings. The van der Waals surface area contributed by atoms with Crippen molar-refractivity contribution in [2.75, 3.05) is 0 Å². The van der Waals surface area contributed by atoms with Crippen molar-refractivity contribution in [3.05, 3.63) is 72.8 Å². The molecule has 3 rings (SSSR count). The second kappa shape index (κ2) is 8.49. The third-order valence-corrected chi connectivity index (χ3v) is 10.7. The molecule has 3 atom stereocenters. The largest absolute Gasteiger partial charge is 0.401 e. The topological polar surface area (TPSA) is 29.5 Å². The van der Waals surface area contributed by atoms with Crippen molar-refractivity contribution in [1.82, 2.24) is 0 Å². The summed E-state index contributed by atoms with van der Waals surface area (Å²) in [5.74, 6) is 2.65. The van der Waals surface area contributed by atoms with Gasteiger partial charge in [0.25, 0.3) is 8.32 Å². The molecule has 0 amide bonds. The van der Waals surface area contributed by atoms with Crippen molar-refractivity contribution >= 4 is 18.7 Å². The molecule has 2 aromatic carbocycles. The lowest BCUT2D eigenvalue weighted by atomic mass is 9.97. The molecule has 0 radical (unpaired) electrons. The minimum Gasteiger partial charge on any atom is -0.401 e. The van der Waals surface area contributed by atoms with E-state index in [1.54, 1.807) is 0 Å². The van der Waals surface area contributed by atoms with Gasteiger partial charge in [0.15, 0.2) is 0 Å². The molecular weight excluding hydrogens is 360 g/mol. The molecule has 0 aliphatic heterocycles. The van der Waals surface area contributed by atoms with Crippen LogP contribution in [0.5, 0.6) is 0 Å². The molecule has 0 saturated carbocycles. The minimum absolute atomic E-state index is 0.0469. The Morgan fingerprint density at radius 3 is 2.07 bits per heavy atom. The molecule has 1 aliphatic rings. The highest BCUT2D eigenvalue weighted by atomic mass is 28.4. The number of benzene rings is 2. The van der Waals surface area contributed by atoms with Gasteiger partial charge in [-0.1, -0.05) is 99.5 Å². The zero-order chi connectivity index (χ0) is 20.2.